The van der Waals surface area contributed by atoms with E-state index in [1.165, 1.54) is 6.07 Å². The van der Waals surface area contributed by atoms with Crippen molar-refractivity contribution in [3.63, 3.8) is 0 Å². The van der Waals surface area contributed by atoms with E-state index in [2.05, 4.69) is 15.0 Å². The molecule has 0 fully saturated rings. The number of nitrogens with zero attached hydrogens (tertiary/aromatic N) is 1. The number of pyridine rings is 1. The quantitative estimate of drug-likeness (QED) is 0.713. The molecule has 3 aromatic rings. The molecule has 6 nitrogen and oxygen atoms in total. The van der Waals surface area contributed by atoms with Gasteiger partial charge in [-0.15, -0.1) is 0 Å². The van der Waals surface area contributed by atoms with E-state index in [-0.39, 0.29) is 17.2 Å². The molecule has 1 aliphatic heterocycles. The summed E-state index contributed by atoms with van der Waals surface area (Å²) < 4.78 is 28.9. The highest BCUT2D eigenvalue weighted by molar-refractivity contribution is 7.89. The first kappa shape index (κ1) is 17.4. The molecule has 1 atom stereocenters. The maximum atomic E-state index is 13.0. The number of aromatic nitrogens is 1. The van der Waals surface area contributed by atoms with Crippen molar-refractivity contribution >= 4 is 21.6 Å². The zero-order valence-corrected chi connectivity index (χ0v) is 15.1. The van der Waals surface area contributed by atoms with Gasteiger partial charge in [0.2, 0.25) is 15.9 Å². The van der Waals surface area contributed by atoms with Crippen LogP contribution in [-0.2, 0) is 21.2 Å². The molecule has 2 heterocycles. The maximum absolute atomic E-state index is 13.0. The van der Waals surface area contributed by atoms with E-state index in [4.69, 9.17) is 0 Å². The maximum Gasteiger partial charge on any atom is 0.241 e. The monoisotopic (exact) mass is 379 g/mol. The van der Waals surface area contributed by atoms with Crippen LogP contribution in [0.15, 0.2) is 78.0 Å². The fraction of sp³-hybridized carbons (Fsp3) is 0.100. The van der Waals surface area contributed by atoms with Gasteiger partial charge in [-0.05, 0) is 47.0 Å². The average molecular weight is 379 g/mol. The SMILES string of the molecule is O=C1Cc2cc(S(=O)(=O)N[C@@H](c3ccccc3)c3ccncc3)ccc2N1. The van der Waals surface area contributed by atoms with Crippen molar-refractivity contribution in [1.82, 2.24) is 9.71 Å². The van der Waals surface area contributed by atoms with Crippen LogP contribution in [0.2, 0.25) is 0 Å². The van der Waals surface area contributed by atoms with Crippen LogP contribution >= 0.6 is 0 Å². The van der Waals surface area contributed by atoms with Gasteiger partial charge in [0.25, 0.3) is 0 Å². The van der Waals surface area contributed by atoms with Crippen molar-refractivity contribution < 1.29 is 13.2 Å². The number of nitrogens with one attached hydrogen (secondary N) is 2. The number of fused-ring (bicyclic) bond motifs is 1. The lowest BCUT2D eigenvalue weighted by molar-refractivity contribution is -0.115. The van der Waals surface area contributed by atoms with E-state index in [1.54, 1.807) is 36.7 Å². The average Bonchev–Trinajstić information content (AvgIpc) is 3.07. The first-order valence-corrected chi connectivity index (χ1v) is 9.91. The van der Waals surface area contributed by atoms with E-state index < -0.39 is 16.1 Å². The standard InChI is InChI=1S/C20H17N3O3S/c24-19-13-16-12-17(6-7-18(16)22-19)27(25,26)23-20(14-4-2-1-3-5-14)15-8-10-21-11-9-15/h1-12,20,23H,13H2,(H,22,24)/t20-/m0/s1. The first-order valence-electron chi connectivity index (χ1n) is 8.43. The Labute approximate surface area is 157 Å². The van der Waals surface area contributed by atoms with Gasteiger partial charge in [0.1, 0.15) is 0 Å². The molecule has 7 heteroatoms. The third kappa shape index (κ3) is 3.60. The lowest BCUT2D eigenvalue weighted by Crippen LogP contribution is -2.29. The van der Waals surface area contributed by atoms with Crippen LogP contribution in [0.1, 0.15) is 22.7 Å². The van der Waals surface area contributed by atoms with Gasteiger partial charge < -0.3 is 5.32 Å². The summed E-state index contributed by atoms with van der Waals surface area (Å²) >= 11 is 0. The fourth-order valence-corrected chi connectivity index (χ4v) is 4.39. The van der Waals surface area contributed by atoms with Crippen LogP contribution in [0.5, 0.6) is 0 Å². The number of sulfonamides is 1. The normalized spacial score (nSPS) is 14.4. The zero-order valence-electron chi connectivity index (χ0n) is 14.3. The summed E-state index contributed by atoms with van der Waals surface area (Å²) in [6.45, 7) is 0. The van der Waals surface area contributed by atoms with Crippen molar-refractivity contribution in [2.75, 3.05) is 5.32 Å². The predicted octanol–water partition coefficient (Wildman–Crippen LogP) is 2.64. The van der Waals surface area contributed by atoms with Gasteiger partial charge in [-0.25, -0.2) is 8.42 Å². The third-order valence-corrected chi connectivity index (χ3v) is 5.88. The second-order valence-electron chi connectivity index (χ2n) is 6.29. The molecule has 1 aliphatic rings. The Kier molecular flexibility index (Phi) is 4.47. The van der Waals surface area contributed by atoms with Crippen LogP contribution in [0.3, 0.4) is 0 Å². The number of amides is 1. The second-order valence-corrected chi connectivity index (χ2v) is 8.00. The van der Waals surface area contributed by atoms with Crippen molar-refractivity contribution in [2.24, 2.45) is 0 Å². The number of anilines is 1. The summed E-state index contributed by atoms with van der Waals surface area (Å²) in [4.78, 5) is 15.7. The summed E-state index contributed by atoms with van der Waals surface area (Å²) in [7, 11) is -3.80. The lowest BCUT2D eigenvalue weighted by Gasteiger charge is -2.20. The van der Waals surface area contributed by atoms with Gasteiger partial charge >= 0.3 is 0 Å². The Hall–Kier alpha value is -3.03. The van der Waals surface area contributed by atoms with Crippen LogP contribution < -0.4 is 10.0 Å². The minimum absolute atomic E-state index is 0.132. The van der Waals surface area contributed by atoms with E-state index in [1.807, 2.05) is 30.3 Å². The van der Waals surface area contributed by atoms with Crippen molar-refractivity contribution in [3.8, 4) is 0 Å². The lowest BCUT2D eigenvalue weighted by atomic mass is 10.0. The van der Waals surface area contributed by atoms with Crippen LogP contribution in [-0.4, -0.2) is 19.3 Å². The highest BCUT2D eigenvalue weighted by Gasteiger charge is 2.25. The van der Waals surface area contributed by atoms with E-state index in [0.29, 0.717) is 11.3 Å². The van der Waals surface area contributed by atoms with Crippen molar-refractivity contribution in [2.45, 2.75) is 17.4 Å². The second kappa shape index (κ2) is 6.94. The van der Waals surface area contributed by atoms with Gasteiger partial charge in [0.15, 0.2) is 0 Å². The molecule has 0 saturated carbocycles. The molecule has 4 rings (SSSR count). The Morgan fingerprint density at radius 2 is 1.67 bits per heavy atom. The Bertz CT molecular complexity index is 1040. The number of carbonyl (C=O) groups excluding carboxylic acids is 1. The summed E-state index contributed by atoms with van der Waals surface area (Å²) in [5, 5.41) is 2.71. The predicted molar refractivity (Wildman–Crippen MR) is 102 cm³/mol. The molecule has 1 amide bonds. The first-order chi connectivity index (χ1) is 13.0. The Morgan fingerprint density at radius 3 is 2.41 bits per heavy atom. The summed E-state index contributed by atoms with van der Waals surface area (Å²) in [5.74, 6) is -0.133. The molecule has 0 unspecified atom stereocenters. The molecule has 136 valence electrons. The van der Waals surface area contributed by atoms with Gasteiger partial charge in [0.05, 0.1) is 17.4 Å². The largest absolute Gasteiger partial charge is 0.326 e. The molecule has 0 saturated heterocycles. The Balaban J connectivity index is 1.71. The van der Waals surface area contributed by atoms with Crippen molar-refractivity contribution in [3.05, 3.63) is 89.7 Å². The van der Waals surface area contributed by atoms with Crippen LogP contribution in [0.25, 0.3) is 0 Å². The minimum atomic E-state index is -3.80. The molecule has 2 aromatic carbocycles. The Morgan fingerprint density at radius 1 is 0.963 bits per heavy atom. The molecule has 27 heavy (non-hydrogen) atoms. The number of hydrogen-bond acceptors (Lipinski definition) is 4. The van der Waals surface area contributed by atoms with Gasteiger partial charge in [-0.1, -0.05) is 30.3 Å². The topological polar surface area (TPSA) is 88.2 Å². The molecular weight excluding hydrogens is 362 g/mol. The molecular formula is C20H17N3O3S. The van der Waals surface area contributed by atoms with E-state index >= 15 is 0 Å². The van der Waals surface area contributed by atoms with E-state index in [0.717, 1.165) is 11.1 Å². The molecule has 2 N–H and O–H groups in total. The van der Waals surface area contributed by atoms with Gasteiger partial charge in [-0.3, -0.25) is 9.78 Å². The van der Waals surface area contributed by atoms with Crippen LogP contribution in [0, 0.1) is 0 Å². The van der Waals surface area contributed by atoms with Gasteiger partial charge in [0, 0.05) is 18.1 Å². The highest BCUT2D eigenvalue weighted by Crippen LogP contribution is 2.28. The third-order valence-electron chi connectivity index (χ3n) is 4.46. The van der Waals surface area contributed by atoms with Crippen LogP contribution in [0.4, 0.5) is 5.69 Å². The molecule has 0 bridgehead atoms. The highest BCUT2D eigenvalue weighted by atomic mass is 32.2. The fourth-order valence-electron chi connectivity index (χ4n) is 3.13. The van der Waals surface area contributed by atoms with Gasteiger partial charge in [-0.2, -0.15) is 4.72 Å². The summed E-state index contributed by atoms with van der Waals surface area (Å²) in [6.07, 6.45) is 3.45. The zero-order chi connectivity index (χ0) is 18.9. The van der Waals surface area contributed by atoms with Crippen molar-refractivity contribution in [1.29, 1.82) is 0 Å². The number of hydrogen-bond donors (Lipinski definition) is 2. The molecule has 0 spiro atoms. The van der Waals surface area contributed by atoms with E-state index in [9.17, 15) is 13.2 Å². The molecule has 0 aliphatic carbocycles. The molecule has 0 radical (unpaired) electrons. The number of benzene rings is 2. The number of rotatable bonds is 5. The summed E-state index contributed by atoms with van der Waals surface area (Å²) in [5.41, 5.74) is 2.96. The smallest absolute Gasteiger partial charge is 0.241 e. The minimum Gasteiger partial charge on any atom is -0.326 e. The number of carbonyl (C=O) groups is 1. The summed E-state index contributed by atoms with van der Waals surface area (Å²) in [6, 6.07) is 17.0. The molecule has 1 aromatic heterocycles.